The molecule has 174 valence electrons. The zero-order valence-corrected chi connectivity index (χ0v) is 20.1. The van der Waals surface area contributed by atoms with Crippen molar-refractivity contribution in [2.24, 2.45) is 0 Å². The van der Waals surface area contributed by atoms with Crippen LogP contribution in [-0.2, 0) is 10.0 Å². The van der Waals surface area contributed by atoms with Gasteiger partial charge in [0, 0.05) is 43.8 Å². The van der Waals surface area contributed by atoms with Crippen LogP contribution in [0.1, 0.15) is 11.6 Å². The van der Waals surface area contributed by atoms with Crippen molar-refractivity contribution in [3.8, 4) is 11.5 Å². The van der Waals surface area contributed by atoms with Crippen LogP contribution in [0.15, 0.2) is 83.8 Å². The number of nitrogens with zero attached hydrogens (tertiary/aromatic N) is 2. The van der Waals surface area contributed by atoms with E-state index in [4.69, 9.17) is 16.3 Å². The van der Waals surface area contributed by atoms with E-state index in [2.05, 4.69) is 21.6 Å². The molecule has 8 heteroatoms. The smallest absolute Gasteiger partial charge is 0.240 e. The van der Waals surface area contributed by atoms with Crippen molar-refractivity contribution in [1.82, 2.24) is 14.5 Å². The normalized spacial score (nSPS) is 16.4. The van der Waals surface area contributed by atoms with Gasteiger partial charge in [0.1, 0.15) is 11.5 Å². The molecule has 0 bridgehead atoms. The Labute approximate surface area is 200 Å². The first-order chi connectivity index (χ1) is 15.9. The number of likely N-dealkylation sites (N-methyl/N-ethyl adjacent to an activating group) is 1. The van der Waals surface area contributed by atoms with E-state index in [1.807, 2.05) is 54.6 Å². The molecule has 3 aromatic rings. The minimum atomic E-state index is -3.68. The topological polar surface area (TPSA) is 61.9 Å². The van der Waals surface area contributed by atoms with Gasteiger partial charge >= 0.3 is 0 Å². The van der Waals surface area contributed by atoms with Crippen molar-refractivity contribution in [1.29, 1.82) is 0 Å². The van der Waals surface area contributed by atoms with Gasteiger partial charge in [0.2, 0.25) is 10.0 Å². The van der Waals surface area contributed by atoms with E-state index in [1.54, 1.807) is 24.3 Å². The van der Waals surface area contributed by atoms with Crippen LogP contribution in [0.4, 0.5) is 0 Å². The lowest BCUT2D eigenvalue weighted by molar-refractivity contribution is 0.113. The first kappa shape index (κ1) is 23.7. The number of para-hydroxylation sites is 1. The van der Waals surface area contributed by atoms with Gasteiger partial charge in [-0.05, 0) is 61.1 Å². The summed E-state index contributed by atoms with van der Waals surface area (Å²) >= 11 is 6.07. The van der Waals surface area contributed by atoms with E-state index in [0.29, 0.717) is 16.5 Å². The SMILES string of the molecule is CN1CCN([C@H](CNS(=O)(=O)c2ccc(Oc3ccccc3)cc2)c2ccc(Cl)cc2)CC1. The number of sulfonamides is 1. The fourth-order valence-electron chi connectivity index (χ4n) is 3.86. The van der Waals surface area contributed by atoms with E-state index >= 15 is 0 Å². The molecule has 33 heavy (non-hydrogen) atoms. The second-order valence-electron chi connectivity index (χ2n) is 8.15. The lowest BCUT2D eigenvalue weighted by Gasteiger charge is -2.38. The zero-order chi connectivity index (χ0) is 23.3. The summed E-state index contributed by atoms with van der Waals surface area (Å²) in [5.41, 5.74) is 1.04. The first-order valence-electron chi connectivity index (χ1n) is 10.9. The Kier molecular flexibility index (Phi) is 7.67. The molecule has 1 heterocycles. The van der Waals surface area contributed by atoms with E-state index < -0.39 is 10.0 Å². The lowest BCUT2D eigenvalue weighted by Crippen LogP contribution is -2.48. The van der Waals surface area contributed by atoms with E-state index in [9.17, 15) is 8.42 Å². The molecule has 1 aliphatic rings. The van der Waals surface area contributed by atoms with E-state index in [0.717, 1.165) is 31.7 Å². The standard InChI is InChI=1S/C25H28ClN3O3S/c1-28-15-17-29(18-16-28)25(20-7-9-21(26)10-8-20)19-27-33(30,31)24-13-11-23(12-14-24)32-22-5-3-2-4-6-22/h2-14,25,27H,15-19H2,1H3/t25-/m1/s1. The Balaban J connectivity index is 1.46. The molecule has 0 spiro atoms. The van der Waals surface area contributed by atoms with Crippen LogP contribution in [0.5, 0.6) is 11.5 Å². The molecule has 0 aromatic heterocycles. The third-order valence-electron chi connectivity index (χ3n) is 5.81. The molecule has 1 saturated heterocycles. The molecule has 0 unspecified atom stereocenters. The molecular weight excluding hydrogens is 458 g/mol. The summed E-state index contributed by atoms with van der Waals surface area (Å²) in [7, 11) is -1.58. The highest BCUT2D eigenvalue weighted by Gasteiger charge is 2.26. The van der Waals surface area contributed by atoms with Gasteiger partial charge in [0.05, 0.1) is 4.90 Å². The molecule has 0 saturated carbocycles. The fourth-order valence-corrected chi connectivity index (χ4v) is 5.02. The van der Waals surface area contributed by atoms with Crippen molar-refractivity contribution in [2.75, 3.05) is 39.8 Å². The van der Waals surface area contributed by atoms with Crippen molar-refractivity contribution in [2.45, 2.75) is 10.9 Å². The molecule has 1 atom stereocenters. The number of halogens is 1. The van der Waals surface area contributed by atoms with Crippen molar-refractivity contribution < 1.29 is 13.2 Å². The minimum Gasteiger partial charge on any atom is -0.457 e. The van der Waals surface area contributed by atoms with Gasteiger partial charge in [-0.2, -0.15) is 0 Å². The molecule has 4 rings (SSSR count). The molecule has 3 aromatic carbocycles. The third kappa shape index (κ3) is 6.34. The summed E-state index contributed by atoms with van der Waals surface area (Å²) in [6, 6.07) is 23.4. The Morgan fingerprint density at radius 2 is 1.48 bits per heavy atom. The quantitative estimate of drug-likeness (QED) is 0.512. The van der Waals surface area contributed by atoms with Crippen LogP contribution in [0.3, 0.4) is 0 Å². The Morgan fingerprint density at radius 1 is 0.879 bits per heavy atom. The van der Waals surface area contributed by atoms with Crippen molar-refractivity contribution in [3.05, 3.63) is 89.4 Å². The molecule has 0 radical (unpaired) electrons. The number of hydrogen-bond donors (Lipinski definition) is 1. The summed E-state index contributed by atoms with van der Waals surface area (Å²) in [6.45, 7) is 3.91. The predicted molar refractivity (Wildman–Crippen MR) is 131 cm³/mol. The number of nitrogens with one attached hydrogen (secondary N) is 1. The lowest BCUT2D eigenvalue weighted by atomic mass is 10.0. The number of benzene rings is 3. The van der Waals surface area contributed by atoms with Crippen LogP contribution in [0, 0.1) is 0 Å². The average Bonchev–Trinajstić information content (AvgIpc) is 2.82. The van der Waals surface area contributed by atoms with Crippen LogP contribution in [0.2, 0.25) is 5.02 Å². The van der Waals surface area contributed by atoms with Gasteiger partial charge in [-0.1, -0.05) is 41.9 Å². The van der Waals surface area contributed by atoms with Gasteiger partial charge < -0.3 is 9.64 Å². The summed E-state index contributed by atoms with van der Waals surface area (Å²) in [5, 5.41) is 0.661. The maximum absolute atomic E-state index is 13.0. The summed E-state index contributed by atoms with van der Waals surface area (Å²) in [6.07, 6.45) is 0. The molecule has 6 nitrogen and oxygen atoms in total. The monoisotopic (exact) mass is 485 g/mol. The number of rotatable bonds is 8. The molecule has 0 amide bonds. The summed E-state index contributed by atoms with van der Waals surface area (Å²) in [5.74, 6) is 1.28. The number of piperazine rings is 1. The maximum atomic E-state index is 13.0. The van der Waals surface area contributed by atoms with Gasteiger partial charge in [0.15, 0.2) is 0 Å². The molecule has 1 aliphatic heterocycles. The van der Waals surface area contributed by atoms with Crippen molar-refractivity contribution in [3.63, 3.8) is 0 Å². The zero-order valence-electron chi connectivity index (χ0n) is 18.5. The number of hydrogen-bond acceptors (Lipinski definition) is 5. The van der Waals surface area contributed by atoms with Crippen LogP contribution in [0.25, 0.3) is 0 Å². The maximum Gasteiger partial charge on any atom is 0.240 e. The average molecular weight is 486 g/mol. The van der Waals surface area contributed by atoms with Crippen LogP contribution >= 0.6 is 11.6 Å². The predicted octanol–water partition coefficient (Wildman–Crippen LogP) is 4.40. The highest BCUT2D eigenvalue weighted by atomic mass is 35.5. The molecule has 1 fully saturated rings. The highest BCUT2D eigenvalue weighted by molar-refractivity contribution is 7.89. The van der Waals surface area contributed by atoms with Gasteiger partial charge in [0.25, 0.3) is 0 Å². The van der Waals surface area contributed by atoms with Gasteiger partial charge in [-0.25, -0.2) is 13.1 Å². The second kappa shape index (κ2) is 10.7. The largest absolute Gasteiger partial charge is 0.457 e. The van der Waals surface area contributed by atoms with Crippen LogP contribution in [-0.4, -0.2) is 58.0 Å². The van der Waals surface area contributed by atoms with Gasteiger partial charge in [-0.15, -0.1) is 0 Å². The molecular formula is C25H28ClN3O3S. The minimum absolute atomic E-state index is 0.0774. The van der Waals surface area contributed by atoms with Crippen molar-refractivity contribution >= 4 is 21.6 Å². The summed E-state index contributed by atoms with van der Waals surface area (Å²) < 4.78 is 34.6. The molecule has 0 aliphatic carbocycles. The van der Waals surface area contributed by atoms with Crippen LogP contribution < -0.4 is 9.46 Å². The third-order valence-corrected chi connectivity index (χ3v) is 7.50. The van der Waals surface area contributed by atoms with E-state index in [-0.39, 0.29) is 17.5 Å². The van der Waals surface area contributed by atoms with Gasteiger partial charge in [-0.3, -0.25) is 4.90 Å². The first-order valence-corrected chi connectivity index (χ1v) is 12.8. The Hall–Kier alpha value is -2.42. The fraction of sp³-hybridized carbons (Fsp3) is 0.280. The second-order valence-corrected chi connectivity index (χ2v) is 10.3. The van der Waals surface area contributed by atoms with E-state index in [1.165, 1.54) is 0 Å². The number of ether oxygens (including phenoxy) is 1. The Morgan fingerprint density at radius 3 is 2.12 bits per heavy atom. The Bertz CT molecular complexity index is 1130. The highest BCUT2D eigenvalue weighted by Crippen LogP contribution is 2.25. The summed E-state index contributed by atoms with van der Waals surface area (Å²) in [4.78, 5) is 4.80. The molecule has 1 N–H and O–H groups in total.